The number of hydrogen-bond acceptors (Lipinski definition) is 5. The van der Waals surface area contributed by atoms with E-state index in [2.05, 4.69) is 55.0 Å². The molecule has 0 aliphatic rings. The molecule has 0 radical (unpaired) electrons. The van der Waals surface area contributed by atoms with Gasteiger partial charge < -0.3 is 4.74 Å². The summed E-state index contributed by atoms with van der Waals surface area (Å²) in [5.41, 5.74) is 4.07. The fourth-order valence-corrected chi connectivity index (χ4v) is 2.75. The Kier molecular flexibility index (Phi) is 64.2. The Labute approximate surface area is 249 Å². The molecule has 0 amide bonds. The van der Waals surface area contributed by atoms with Gasteiger partial charge in [0.15, 0.2) is 0 Å². The van der Waals surface area contributed by atoms with Crippen molar-refractivity contribution in [3.8, 4) is 0 Å². The quantitative estimate of drug-likeness (QED) is 0.0937. The van der Waals surface area contributed by atoms with Gasteiger partial charge in [-0.3, -0.25) is 0 Å². The number of hydrogen-bond donors (Lipinski definition) is 0. The third kappa shape index (κ3) is 62.0. The highest BCUT2D eigenvalue weighted by atomic mass is 16.5. The largest absolute Gasteiger partial charge is 0.375 e. The van der Waals surface area contributed by atoms with Crippen molar-refractivity contribution in [1.82, 2.24) is 0 Å². The Morgan fingerprint density at radius 1 is 0.436 bits per heavy atom. The van der Waals surface area contributed by atoms with Gasteiger partial charge in [-0.25, -0.2) is 0 Å². The molecule has 0 unspecified atom stereocenters. The summed E-state index contributed by atoms with van der Waals surface area (Å²) in [7, 11) is 0. The van der Waals surface area contributed by atoms with Crippen LogP contribution >= 0.6 is 0 Å². The molecule has 0 aliphatic carbocycles. The summed E-state index contributed by atoms with van der Waals surface area (Å²) in [5, 5.41) is 16.1. The molecule has 5 heteroatoms. The SMILES string of the molecule is C.C.C.C.CCCCCCC/C(C)=N/N=C(C)C.CCCCCCCC.CCCCOC/C(C)=N/N=C(C)C. The molecule has 0 aromatic carbocycles. The lowest BCUT2D eigenvalue weighted by Crippen LogP contribution is -2.05. The summed E-state index contributed by atoms with van der Waals surface area (Å²) in [6.07, 6.45) is 18.5. The van der Waals surface area contributed by atoms with Gasteiger partial charge in [0.25, 0.3) is 0 Å². The van der Waals surface area contributed by atoms with E-state index in [0.29, 0.717) is 6.61 Å². The van der Waals surface area contributed by atoms with Crippen LogP contribution in [0.3, 0.4) is 0 Å². The highest BCUT2D eigenvalue weighted by Gasteiger charge is 1.93. The summed E-state index contributed by atoms with van der Waals surface area (Å²) in [4.78, 5) is 0. The Balaban J connectivity index is -0.0000000773. The molecule has 0 N–H and O–H groups in total. The van der Waals surface area contributed by atoms with Gasteiger partial charge >= 0.3 is 0 Å². The summed E-state index contributed by atoms with van der Waals surface area (Å²) in [5.74, 6) is 0. The zero-order valence-corrected chi connectivity index (χ0v) is 25.5. The lowest BCUT2D eigenvalue weighted by Gasteiger charge is -2.00. The molecule has 0 rings (SSSR count). The maximum absolute atomic E-state index is 5.37. The standard InChI is InChI=1S/C12H24N2.C10H20N2O.C8H18.4CH4/c1-5-6-7-8-9-10-12(4)14-13-11(2)3;1-5-6-7-13-8-10(4)12-11-9(2)3;1-3-5-7-8-6-4-2;;;;/h5-10H2,1-4H3;5-8H2,1-4H3;3-8H2,1-2H3;4*1H4/b14-12+;12-10+;;;;;. The van der Waals surface area contributed by atoms with Gasteiger partial charge in [-0.05, 0) is 60.8 Å². The summed E-state index contributed by atoms with van der Waals surface area (Å²) in [6, 6.07) is 0. The first-order valence-electron chi connectivity index (χ1n) is 14.4. The predicted molar refractivity (Wildman–Crippen MR) is 189 cm³/mol. The average Bonchev–Trinajstić information content (AvgIpc) is 2.82. The zero-order valence-electron chi connectivity index (χ0n) is 25.5. The van der Waals surface area contributed by atoms with Crippen LogP contribution in [0.1, 0.15) is 189 Å². The van der Waals surface area contributed by atoms with E-state index >= 15 is 0 Å². The minimum absolute atomic E-state index is 0. The van der Waals surface area contributed by atoms with Gasteiger partial charge in [0, 0.05) is 23.7 Å². The van der Waals surface area contributed by atoms with E-state index in [4.69, 9.17) is 4.74 Å². The molecular formula is C34H78N4O. The van der Waals surface area contributed by atoms with Gasteiger partial charge in [-0.15, -0.1) is 0 Å². The number of nitrogens with zero attached hydrogens (tertiary/aromatic N) is 4. The molecule has 0 fully saturated rings. The van der Waals surface area contributed by atoms with Crippen LogP contribution in [0.25, 0.3) is 0 Å². The normalized spacial score (nSPS) is 10.0. The smallest absolute Gasteiger partial charge is 0.0864 e. The van der Waals surface area contributed by atoms with Gasteiger partial charge in [0.05, 0.1) is 12.3 Å². The first-order valence-corrected chi connectivity index (χ1v) is 14.4. The van der Waals surface area contributed by atoms with Crippen LogP contribution in [-0.2, 0) is 4.74 Å². The first-order chi connectivity index (χ1) is 16.7. The molecule has 0 heterocycles. The zero-order chi connectivity index (χ0) is 27.2. The minimum atomic E-state index is 0. The Morgan fingerprint density at radius 2 is 0.795 bits per heavy atom. The molecule has 0 spiro atoms. The van der Waals surface area contributed by atoms with Crippen molar-refractivity contribution in [2.45, 2.75) is 189 Å². The molecule has 0 saturated carbocycles. The van der Waals surface area contributed by atoms with Crippen LogP contribution in [0.5, 0.6) is 0 Å². The summed E-state index contributed by atoms with van der Waals surface area (Å²) >= 11 is 0. The molecule has 0 aliphatic heterocycles. The molecule has 0 bridgehead atoms. The van der Waals surface area contributed by atoms with E-state index in [-0.39, 0.29) is 29.7 Å². The van der Waals surface area contributed by atoms with Gasteiger partial charge in [0.1, 0.15) is 0 Å². The second kappa shape index (κ2) is 46.5. The van der Waals surface area contributed by atoms with E-state index in [0.717, 1.165) is 42.3 Å². The molecule has 5 nitrogen and oxygen atoms in total. The molecule has 240 valence electrons. The van der Waals surface area contributed by atoms with Crippen molar-refractivity contribution < 1.29 is 4.74 Å². The van der Waals surface area contributed by atoms with Crippen molar-refractivity contribution in [2.24, 2.45) is 20.4 Å². The van der Waals surface area contributed by atoms with Crippen LogP contribution in [0.2, 0.25) is 0 Å². The fourth-order valence-electron chi connectivity index (χ4n) is 2.75. The highest BCUT2D eigenvalue weighted by molar-refractivity contribution is 5.85. The van der Waals surface area contributed by atoms with Gasteiger partial charge in [-0.1, -0.05) is 128 Å². The molecule has 0 aromatic rings. The average molecular weight is 559 g/mol. The molecule has 0 atom stereocenters. The van der Waals surface area contributed by atoms with Crippen molar-refractivity contribution in [3.63, 3.8) is 0 Å². The predicted octanol–water partition coefficient (Wildman–Crippen LogP) is 12.8. The molecular weight excluding hydrogens is 480 g/mol. The topological polar surface area (TPSA) is 58.7 Å². The van der Waals surface area contributed by atoms with Crippen molar-refractivity contribution in [2.75, 3.05) is 13.2 Å². The van der Waals surface area contributed by atoms with Crippen LogP contribution in [-0.4, -0.2) is 36.1 Å². The second-order valence-electron chi connectivity index (χ2n) is 9.75. The van der Waals surface area contributed by atoms with E-state index in [1.807, 2.05) is 34.6 Å². The highest BCUT2D eigenvalue weighted by Crippen LogP contribution is 2.06. The van der Waals surface area contributed by atoms with Crippen LogP contribution in [0.15, 0.2) is 20.4 Å². The maximum Gasteiger partial charge on any atom is 0.0864 e. The van der Waals surface area contributed by atoms with Crippen LogP contribution < -0.4 is 0 Å². The Bertz CT molecular complexity index is 537. The van der Waals surface area contributed by atoms with Crippen molar-refractivity contribution in [3.05, 3.63) is 0 Å². The lowest BCUT2D eigenvalue weighted by molar-refractivity contribution is 0.167. The molecule has 0 saturated heterocycles. The maximum atomic E-state index is 5.37. The van der Waals surface area contributed by atoms with E-state index in [1.54, 1.807) is 0 Å². The number of rotatable bonds is 18. The van der Waals surface area contributed by atoms with Crippen LogP contribution in [0.4, 0.5) is 0 Å². The van der Waals surface area contributed by atoms with E-state index in [9.17, 15) is 0 Å². The Morgan fingerprint density at radius 3 is 1.15 bits per heavy atom. The fraction of sp³-hybridized carbons (Fsp3) is 0.882. The van der Waals surface area contributed by atoms with Gasteiger partial charge in [0.2, 0.25) is 0 Å². The van der Waals surface area contributed by atoms with Crippen molar-refractivity contribution >= 4 is 22.8 Å². The van der Waals surface area contributed by atoms with E-state index < -0.39 is 0 Å². The van der Waals surface area contributed by atoms with Crippen LogP contribution in [0, 0.1) is 0 Å². The first kappa shape index (κ1) is 53.8. The summed E-state index contributed by atoms with van der Waals surface area (Å²) in [6.45, 7) is 22.1. The van der Waals surface area contributed by atoms with E-state index in [1.165, 1.54) is 77.0 Å². The number of unbranched alkanes of at least 4 members (excludes halogenated alkanes) is 10. The minimum Gasteiger partial charge on any atom is -0.375 e. The molecule has 39 heavy (non-hydrogen) atoms. The third-order valence-corrected chi connectivity index (χ3v) is 4.89. The van der Waals surface area contributed by atoms with Gasteiger partial charge in [-0.2, -0.15) is 20.4 Å². The lowest BCUT2D eigenvalue weighted by atomic mass is 10.1. The second-order valence-corrected chi connectivity index (χ2v) is 9.75. The van der Waals surface area contributed by atoms with Crippen molar-refractivity contribution in [1.29, 1.82) is 0 Å². The third-order valence-electron chi connectivity index (χ3n) is 4.89. The number of ether oxygens (including phenoxy) is 1. The Hall–Kier alpha value is -1.36. The molecule has 0 aromatic heterocycles. The summed E-state index contributed by atoms with van der Waals surface area (Å²) < 4.78 is 5.37. The monoisotopic (exact) mass is 559 g/mol.